The molecule has 0 bridgehead atoms. The molecule has 0 saturated heterocycles. The van der Waals surface area contributed by atoms with Gasteiger partial charge in [0.15, 0.2) is 5.82 Å². The lowest BCUT2D eigenvalue weighted by molar-refractivity contribution is -0.385. The Morgan fingerprint density at radius 3 is 2.67 bits per heavy atom. The van der Waals surface area contributed by atoms with E-state index in [9.17, 15) is 23.3 Å². The highest BCUT2D eigenvalue weighted by Crippen LogP contribution is 2.37. The third-order valence-electron chi connectivity index (χ3n) is 2.53. The SMILES string of the molecule is Cc1nc(CNc2ccc([N+](=O)[O-])cc2C(F)(F)F)no1. The van der Waals surface area contributed by atoms with Crippen LogP contribution in [-0.2, 0) is 12.7 Å². The smallest absolute Gasteiger partial charge is 0.377 e. The summed E-state index contributed by atoms with van der Waals surface area (Å²) in [6, 6.07) is 2.46. The molecule has 1 heterocycles. The Morgan fingerprint density at radius 1 is 1.43 bits per heavy atom. The molecular formula is C11H9F3N4O3. The number of anilines is 1. The monoisotopic (exact) mass is 302 g/mol. The number of nitrogens with zero attached hydrogens (tertiary/aromatic N) is 3. The van der Waals surface area contributed by atoms with E-state index in [0.29, 0.717) is 6.07 Å². The fraction of sp³-hybridized carbons (Fsp3) is 0.273. The van der Waals surface area contributed by atoms with Gasteiger partial charge in [0, 0.05) is 24.7 Å². The number of alkyl halides is 3. The molecule has 7 nitrogen and oxygen atoms in total. The maximum absolute atomic E-state index is 12.9. The van der Waals surface area contributed by atoms with Crippen molar-refractivity contribution in [3.8, 4) is 0 Å². The molecule has 0 unspecified atom stereocenters. The average Bonchev–Trinajstić information content (AvgIpc) is 2.81. The van der Waals surface area contributed by atoms with Gasteiger partial charge in [0.2, 0.25) is 5.89 Å². The first-order valence-corrected chi connectivity index (χ1v) is 5.66. The van der Waals surface area contributed by atoms with Gasteiger partial charge in [0.25, 0.3) is 5.69 Å². The van der Waals surface area contributed by atoms with E-state index in [4.69, 9.17) is 0 Å². The van der Waals surface area contributed by atoms with E-state index in [1.807, 2.05) is 0 Å². The zero-order valence-corrected chi connectivity index (χ0v) is 10.6. The predicted molar refractivity (Wildman–Crippen MR) is 64.5 cm³/mol. The quantitative estimate of drug-likeness (QED) is 0.689. The number of rotatable bonds is 4. The molecule has 2 aromatic rings. The molecule has 2 rings (SSSR count). The Bertz CT molecular complexity index is 669. The second kappa shape index (κ2) is 5.38. The second-order valence-corrected chi connectivity index (χ2v) is 4.07. The van der Waals surface area contributed by atoms with Gasteiger partial charge >= 0.3 is 6.18 Å². The lowest BCUT2D eigenvalue weighted by Crippen LogP contribution is -2.12. The topological polar surface area (TPSA) is 94.1 Å². The normalized spacial score (nSPS) is 11.4. The van der Waals surface area contributed by atoms with Crippen molar-refractivity contribution in [2.75, 3.05) is 5.32 Å². The number of halogens is 3. The van der Waals surface area contributed by atoms with Crippen molar-refractivity contribution in [1.29, 1.82) is 0 Å². The van der Waals surface area contributed by atoms with Crippen molar-refractivity contribution in [2.24, 2.45) is 0 Å². The molecule has 0 radical (unpaired) electrons. The maximum atomic E-state index is 12.9. The summed E-state index contributed by atoms with van der Waals surface area (Å²) in [5.74, 6) is 0.463. The zero-order chi connectivity index (χ0) is 15.6. The second-order valence-electron chi connectivity index (χ2n) is 4.07. The van der Waals surface area contributed by atoms with Gasteiger partial charge in [-0.2, -0.15) is 18.2 Å². The van der Waals surface area contributed by atoms with Crippen molar-refractivity contribution >= 4 is 11.4 Å². The highest BCUT2D eigenvalue weighted by Gasteiger charge is 2.35. The molecular weight excluding hydrogens is 293 g/mol. The first-order chi connectivity index (χ1) is 9.77. The minimum atomic E-state index is -4.72. The van der Waals surface area contributed by atoms with Gasteiger partial charge in [-0.15, -0.1) is 0 Å². The summed E-state index contributed by atoms with van der Waals surface area (Å²) in [6.45, 7) is 1.45. The number of benzene rings is 1. The lowest BCUT2D eigenvalue weighted by Gasteiger charge is -2.13. The molecule has 0 spiro atoms. The van der Waals surface area contributed by atoms with Crippen molar-refractivity contribution in [1.82, 2.24) is 10.1 Å². The minimum absolute atomic E-state index is 0.0990. The van der Waals surface area contributed by atoms with Crippen molar-refractivity contribution in [2.45, 2.75) is 19.6 Å². The lowest BCUT2D eigenvalue weighted by atomic mass is 10.1. The van der Waals surface area contributed by atoms with E-state index in [-0.39, 0.29) is 23.9 Å². The summed E-state index contributed by atoms with van der Waals surface area (Å²) in [6.07, 6.45) is -4.72. The highest BCUT2D eigenvalue weighted by atomic mass is 19.4. The summed E-state index contributed by atoms with van der Waals surface area (Å²) >= 11 is 0. The molecule has 0 saturated carbocycles. The van der Waals surface area contributed by atoms with Crippen LogP contribution in [0.25, 0.3) is 0 Å². The Balaban J connectivity index is 2.27. The van der Waals surface area contributed by atoms with Crippen LogP contribution in [0.15, 0.2) is 22.7 Å². The van der Waals surface area contributed by atoms with Crippen LogP contribution in [0.1, 0.15) is 17.3 Å². The van der Waals surface area contributed by atoms with Crippen molar-refractivity contribution in [3.05, 3.63) is 45.6 Å². The Morgan fingerprint density at radius 2 is 2.14 bits per heavy atom. The van der Waals surface area contributed by atoms with Crippen LogP contribution < -0.4 is 5.32 Å². The average molecular weight is 302 g/mol. The summed E-state index contributed by atoms with van der Waals surface area (Å²) in [7, 11) is 0. The molecule has 1 N–H and O–H groups in total. The van der Waals surface area contributed by atoms with Crippen LogP contribution in [-0.4, -0.2) is 15.1 Å². The van der Waals surface area contributed by atoms with Gasteiger partial charge in [-0.3, -0.25) is 10.1 Å². The van der Waals surface area contributed by atoms with E-state index < -0.39 is 22.4 Å². The Kier molecular flexibility index (Phi) is 3.78. The van der Waals surface area contributed by atoms with Crippen LogP contribution in [0.4, 0.5) is 24.5 Å². The first-order valence-electron chi connectivity index (χ1n) is 5.66. The molecule has 0 aliphatic rings. The minimum Gasteiger partial charge on any atom is -0.377 e. The van der Waals surface area contributed by atoms with Gasteiger partial charge < -0.3 is 9.84 Å². The number of non-ortho nitro benzene ring substituents is 1. The zero-order valence-electron chi connectivity index (χ0n) is 10.6. The van der Waals surface area contributed by atoms with Gasteiger partial charge in [-0.1, -0.05) is 5.16 Å². The Labute approximate surface area is 115 Å². The molecule has 0 amide bonds. The molecule has 1 aromatic heterocycles. The first kappa shape index (κ1) is 14.8. The number of aryl methyl sites for hydroxylation is 1. The van der Waals surface area contributed by atoms with Crippen molar-refractivity contribution < 1.29 is 22.6 Å². The number of hydrogen-bond donors (Lipinski definition) is 1. The van der Waals surface area contributed by atoms with Gasteiger partial charge in [0.1, 0.15) is 0 Å². The van der Waals surface area contributed by atoms with Gasteiger partial charge in [-0.25, -0.2) is 0 Å². The third kappa shape index (κ3) is 3.46. The largest absolute Gasteiger partial charge is 0.418 e. The van der Waals surface area contributed by atoms with Crippen LogP contribution in [0, 0.1) is 17.0 Å². The number of nitro benzene ring substituents is 1. The fourth-order valence-corrected chi connectivity index (χ4v) is 1.62. The van der Waals surface area contributed by atoms with E-state index in [2.05, 4.69) is 20.0 Å². The molecule has 0 aliphatic carbocycles. The summed E-state index contributed by atoms with van der Waals surface area (Å²) < 4.78 is 43.4. The number of aromatic nitrogens is 2. The predicted octanol–water partition coefficient (Wildman–Crippen LogP) is 2.92. The highest BCUT2D eigenvalue weighted by molar-refractivity contribution is 5.57. The van der Waals surface area contributed by atoms with Crippen LogP contribution in [0.2, 0.25) is 0 Å². The van der Waals surface area contributed by atoms with Crippen molar-refractivity contribution in [3.63, 3.8) is 0 Å². The molecule has 0 aliphatic heterocycles. The number of nitro groups is 1. The van der Waals surface area contributed by atoms with Crippen LogP contribution in [0.5, 0.6) is 0 Å². The van der Waals surface area contributed by atoms with Crippen LogP contribution >= 0.6 is 0 Å². The molecule has 0 atom stereocenters. The molecule has 10 heteroatoms. The summed E-state index contributed by atoms with van der Waals surface area (Å²) in [5.41, 5.74) is -2.06. The number of hydrogen-bond acceptors (Lipinski definition) is 6. The van der Waals surface area contributed by atoms with Gasteiger partial charge in [0.05, 0.1) is 17.0 Å². The van der Waals surface area contributed by atoms with E-state index in [1.165, 1.54) is 0 Å². The van der Waals surface area contributed by atoms with Crippen LogP contribution in [0.3, 0.4) is 0 Å². The van der Waals surface area contributed by atoms with Gasteiger partial charge in [-0.05, 0) is 6.07 Å². The standard InChI is InChI=1S/C11H9F3N4O3/c1-6-16-10(17-21-6)5-15-9-3-2-7(18(19)20)4-8(9)11(12,13)14/h2-4,15H,5H2,1H3. The number of nitrogens with one attached hydrogen (secondary N) is 1. The fourth-order valence-electron chi connectivity index (χ4n) is 1.62. The van der Waals surface area contributed by atoms with E-state index in [1.54, 1.807) is 6.92 Å². The third-order valence-corrected chi connectivity index (χ3v) is 2.53. The molecule has 21 heavy (non-hydrogen) atoms. The van der Waals surface area contributed by atoms with E-state index >= 15 is 0 Å². The molecule has 112 valence electrons. The van der Waals surface area contributed by atoms with E-state index in [0.717, 1.165) is 12.1 Å². The maximum Gasteiger partial charge on any atom is 0.418 e. The summed E-state index contributed by atoms with van der Waals surface area (Å²) in [5, 5.41) is 16.6. The Hall–Kier alpha value is -2.65. The molecule has 1 aromatic carbocycles. The molecule has 0 fully saturated rings. The summed E-state index contributed by atoms with van der Waals surface area (Å²) in [4.78, 5) is 13.5.